The lowest BCUT2D eigenvalue weighted by molar-refractivity contribution is -0.00252. The number of ether oxygens (including phenoxy) is 1. The van der Waals surface area contributed by atoms with Crippen LogP contribution in [0, 0.1) is 5.92 Å². The van der Waals surface area contributed by atoms with E-state index in [1.807, 2.05) is 6.08 Å². The highest BCUT2D eigenvalue weighted by molar-refractivity contribution is 14.1. The fourth-order valence-corrected chi connectivity index (χ4v) is 2.05. The van der Waals surface area contributed by atoms with Crippen molar-refractivity contribution in [2.45, 2.75) is 38.4 Å². The van der Waals surface area contributed by atoms with E-state index in [1.54, 1.807) is 0 Å². The SMILES string of the molecule is C=CC[C@@H]1C=CC[C@@H](C[C@@H](C)CI)O1. The van der Waals surface area contributed by atoms with E-state index in [4.69, 9.17) is 4.74 Å². The predicted octanol–water partition coefficient (Wildman–Crippen LogP) is 3.74. The van der Waals surface area contributed by atoms with Gasteiger partial charge in [0.15, 0.2) is 0 Å². The summed E-state index contributed by atoms with van der Waals surface area (Å²) in [6.07, 6.45) is 10.2. The van der Waals surface area contributed by atoms with Gasteiger partial charge in [-0.05, 0) is 25.2 Å². The second-order valence-corrected chi connectivity index (χ2v) is 4.86. The van der Waals surface area contributed by atoms with Crippen LogP contribution in [0.3, 0.4) is 0 Å². The van der Waals surface area contributed by atoms with Crippen molar-refractivity contribution in [3.8, 4) is 0 Å². The lowest BCUT2D eigenvalue weighted by Crippen LogP contribution is -2.25. The van der Waals surface area contributed by atoms with E-state index in [0.29, 0.717) is 6.10 Å². The summed E-state index contributed by atoms with van der Waals surface area (Å²) in [6.45, 7) is 6.03. The van der Waals surface area contributed by atoms with Gasteiger partial charge in [-0.3, -0.25) is 0 Å². The first-order chi connectivity index (χ1) is 6.76. The van der Waals surface area contributed by atoms with E-state index in [1.165, 1.54) is 10.8 Å². The summed E-state index contributed by atoms with van der Waals surface area (Å²) in [5, 5.41) is 0. The molecule has 1 aliphatic rings. The van der Waals surface area contributed by atoms with Gasteiger partial charge < -0.3 is 4.74 Å². The molecule has 1 aliphatic heterocycles. The lowest BCUT2D eigenvalue weighted by atomic mass is 10.0. The Labute approximate surface area is 101 Å². The smallest absolute Gasteiger partial charge is 0.0794 e. The average molecular weight is 306 g/mol. The zero-order valence-corrected chi connectivity index (χ0v) is 10.9. The number of halogens is 1. The van der Waals surface area contributed by atoms with Crippen molar-refractivity contribution >= 4 is 22.6 Å². The third-order valence-corrected chi connectivity index (χ3v) is 3.95. The molecule has 0 aromatic rings. The molecule has 1 heterocycles. The lowest BCUT2D eigenvalue weighted by Gasteiger charge is -2.27. The topological polar surface area (TPSA) is 9.23 Å². The molecule has 0 saturated carbocycles. The maximum Gasteiger partial charge on any atom is 0.0794 e. The quantitative estimate of drug-likeness (QED) is 0.427. The Morgan fingerprint density at radius 3 is 3.14 bits per heavy atom. The van der Waals surface area contributed by atoms with Crippen LogP contribution in [0.1, 0.15) is 26.2 Å². The van der Waals surface area contributed by atoms with Gasteiger partial charge in [0.2, 0.25) is 0 Å². The van der Waals surface area contributed by atoms with Crippen molar-refractivity contribution in [2.75, 3.05) is 4.43 Å². The maximum absolute atomic E-state index is 5.94. The van der Waals surface area contributed by atoms with Crippen molar-refractivity contribution in [3.05, 3.63) is 24.8 Å². The Bertz CT molecular complexity index is 200. The minimum absolute atomic E-state index is 0.271. The summed E-state index contributed by atoms with van der Waals surface area (Å²) in [7, 11) is 0. The first-order valence-electron chi connectivity index (χ1n) is 5.25. The highest BCUT2D eigenvalue weighted by atomic mass is 127. The molecule has 0 aromatic carbocycles. The molecule has 0 amide bonds. The second kappa shape index (κ2) is 6.62. The summed E-state index contributed by atoms with van der Waals surface area (Å²) < 4.78 is 7.15. The normalized spacial score (nSPS) is 28.7. The summed E-state index contributed by atoms with van der Waals surface area (Å²) in [4.78, 5) is 0. The van der Waals surface area contributed by atoms with Crippen LogP contribution in [-0.4, -0.2) is 16.6 Å². The van der Waals surface area contributed by atoms with E-state index < -0.39 is 0 Å². The molecule has 80 valence electrons. The first-order valence-corrected chi connectivity index (χ1v) is 6.77. The fourth-order valence-electron chi connectivity index (χ4n) is 1.69. The Kier molecular flexibility index (Phi) is 5.78. The van der Waals surface area contributed by atoms with Gasteiger partial charge >= 0.3 is 0 Å². The summed E-state index contributed by atoms with van der Waals surface area (Å²) in [5.74, 6) is 0.761. The van der Waals surface area contributed by atoms with E-state index in [-0.39, 0.29) is 6.10 Å². The number of alkyl halides is 1. The molecule has 0 fully saturated rings. The zero-order chi connectivity index (χ0) is 10.4. The minimum Gasteiger partial charge on any atom is -0.370 e. The van der Waals surface area contributed by atoms with Crippen LogP contribution in [0.2, 0.25) is 0 Å². The fraction of sp³-hybridized carbons (Fsp3) is 0.667. The molecule has 14 heavy (non-hydrogen) atoms. The van der Waals surface area contributed by atoms with Crippen molar-refractivity contribution in [2.24, 2.45) is 5.92 Å². The molecule has 0 aromatic heterocycles. The Hall–Kier alpha value is 0.170. The van der Waals surface area contributed by atoms with Gasteiger partial charge in [-0.25, -0.2) is 0 Å². The molecule has 1 rings (SSSR count). The summed E-state index contributed by atoms with van der Waals surface area (Å²) in [6, 6.07) is 0. The van der Waals surface area contributed by atoms with Gasteiger partial charge in [-0.2, -0.15) is 0 Å². The monoisotopic (exact) mass is 306 g/mol. The molecular weight excluding hydrogens is 287 g/mol. The van der Waals surface area contributed by atoms with E-state index in [2.05, 4.69) is 48.2 Å². The minimum atomic E-state index is 0.271. The van der Waals surface area contributed by atoms with Gasteiger partial charge in [0, 0.05) is 4.43 Å². The van der Waals surface area contributed by atoms with Crippen LogP contribution in [0.25, 0.3) is 0 Å². The largest absolute Gasteiger partial charge is 0.370 e. The van der Waals surface area contributed by atoms with E-state index >= 15 is 0 Å². The first kappa shape index (κ1) is 12.2. The summed E-state index contributed by atoms with van der Waals surface area (Å²) in [5.41, 5.74) is 0. The molecule has 0 saturated heterocycles. The van der Waals surface area contributed by atoms with Gasteiger partial charge in [-0.15, -0.1) is 6.58 Å². The van der Waals surface area contributed by atoms with Crippen molar-refractivity contribution < 1.29 is 4.74 Å². The third-order valence-electron chi connectivity index (χ3n) is 2.44. The van der Waals surface area contributed by atoms with Crippen LogP contribution in [0.4, 0.5) is 0 Å². The second-order valence-electron chi connectivity index (χ2n) is 3.98. The Morgan fingerprint density at radius 2 is 2.50 bits per heavy atom. The van der Waals surface area contributed by atoms with Gasteiger partial charge in [0.25, 0.3) is 0 Å². The van der Waals surface area contributed by atoms with Crippen molar-refractivity contribution in [1.29, 1.82) is 0 Å². The molecule has 2 heteroatoms. The highest BCUT2D eigenvalue weighted by Gasteiger charge is 2.18. The van der Waals surface area contributed by atoms with E-state index in [0.717, 1.165) is 18.8 Å². The Morgan fingerprint density at radius 1 is 1.71 bits per heavy atom. The number of hydrogen-bond donors (Lipinski definition) is 0. The third kappa shape index (κ3) is 4.13. The molecule has 3 atom stereocenters. The molecule has 0 aliphatic carbocycles. The van der Waals surface area contributed by atoms with Crippen LogP contribution in [-0.2, 0) is 4.74 Å². The predicted molar refractivity (Wildman–Crippen MR) is 69.9 cm³/mol. The molecule has 0 bridgehead atoms. The van der Waals surface area contributed by atoms with Crippen LogP contribution in [0.5, 0.6) is 0 Å². The standard InChI is InChI=1S/C12H19IO/c1-3-5-11-6-4-7-12(14-11)8-10(2)9-13/h3-4,6,10-12H,1,5,7-9H2,2H3/t10-,11-,12+/m1/s1. The zero-order valence-electron chi connectivity index (χ0n) is 8.79. The molecular formula is C12H19IO. The van der Waals surface area contributed by atoms with Gasteiger partial charge in [0.1, 0.15) is 0 Å². The highest BCUT2D eigenvalue weighted by Crippen LogP contribution is 2.21. The molecule has 0 N–H and O–H groups in total. The maximum atomic E-state index is 5.94. The van der Waals surface area contributed by atoms with Crippen molar-refractivity contribution in [1.82, 2.24) is 0 Å². The number of hydrogen-bond acceptors (Lipinski definition) is 1. The molecule has 1 nitrogen and oxygen atoms in total. The van der Waals surface area contributed by atoms with Crippen LogP contribution in [0.15, 0.2) is 24.8 Å². The summed E-state index contributed by atoms with van der Waals surface area (Å²) >= 11 is 2.44. The number of rotatable bonds is 5. The Balaban J connectivity index is 2.35. The molecule has 0 spiro atoms. The average Bonchev–Trinajstić information content (AvgIpc) is 2.19. The van der Waals surface area contributed by atoms with E-state index in [9.17, 15) is 0 Å². The molecule has 0 radical (unpaired) electrons. The van der Waals surface area contributed by atoms with Crippen LogP contribution >= 0.6 is 22.6 Å². The van der Waals surface area contributed by atoms with Gasteiger partial charge in [0.05, 0.1) is 12.2 Å². The van der Waals surface area contributed by atoms with Gasteiger partial charge in [-0.1, -0.05) is 47.7 Å². The van der Waals surface area contributed by atoms with Crippen LogP contribution < -0.4 is 0 Å². The van der Waals surface area contributed by atoms with Crippen molar-refractivity contribution in [3.63, 3.8) is 0 Å². The molecule has 0 unspecified atom stereocenters.